The maximum Gasteiger partial charge on any atom is 0.247 e. The Morgan fingerprint density at radius 1 is 1.61 bits per heavy atom. The molecule has 1 fully saturated rings. The molecule has 0 radical (unpaired) electrons. The molecule has 0 bridgehead atoms. The van der Waals surface area contributed by atoms with Crippen LogP contribution in [-0.4, -0.2) is 32.3 Å². The largest absolute Gasteiger partial charge is 0.375 e. The second-order valence-electron chi connectivity index (χ2n) is 4.16. The summed E-state index contributed by atoms with van der Waals surface area (Å²) in [5.74, 6) is -0.00441. The van der Waals surface area contributed by atoms with Gasteiger partial charge in [0.05, 0.1) is 0 Å². The lowest BCUT2D eigenvalue weighted by Gasteiger charge is -2.20. The summed E-state index contributed by atoms with van der Waals surface area (Å²) in [5, 5.41) is 3.56. The Hall–Kier alpha value is -1.14. The molecule has 6 heteroatoms. The zero-order valence-corrected chi connectivity index (χ0v) is 10.8. The van der Waals surface area contributed by atoms with E-state index in [1.54, 1.807) is 0 Å². The van der Waals surface area contributed by atoms with Crippen molar-refractivity contribution in [2.75, 3.05) is 20.3 Å². The van der Waals surface area contributed by atoms with Gasteiger partial charge < -0.3 is 10.1 Å². The van der Waals surface area contributed by atoms with Crippen LogP contribution in [0.25, 0.3) is 0 Å². The standard InChI is InChI=1S/C12H16ClN3O2/c1-18-7-11(17)15-12-10(6-14-16-12)8-3-2-4-9(13)5-8/h2-5,10,12,14,16H,6-7H2,1H3,(H,15,17). The molecule has 1 aliphatic heterocycles. The highest BCUT2D eigenvalue weighted by atomic mass is 35.5. The predicted molar refractivity (Wildman–Crippen MR) is 69.1 cm³/mol. The van der Waals surface area contributed by atoms with Crippen molar-refractivity contribution in [2.45, 2.75) is 12.1 Å². The summed E-state index contributed by atoms with van der Waals surface area (Å²) in [6.07, 6.45) is -0.161. The highest BCUT2D eigenvalue weighted by Gasteiger charge is 2.29. The average molecular weight is 270 g/mol. The minimum atomic E-state index is -0.161. The molecule has 2 unspecified atom stereocenters. The molecule has 0 aliphatic carbocycles. The van der Waals surface area contributed by atoms with Crippen LogP contribution in [0.3, 0.4) is 0 Å². The minimum absolute atomic E-state index is 0.0560. The van der Waals surface area contributed by atoms with Crippen LogP contribution in [-0.2, 0) is 9.53 Å². The normalized spacial score (nSPS) is 23.0. The fourth-order valence-electron chi connectivity index (χ4n) is 2.03. The molecule has 18 heavy (non-hydrogen) atoms. The van der Waals surface area contributed by atoms with Crippen LogP contribution in [0, 0.1) is 0 Å². The highest BCUT2D eigenvalue weighted by Crippen LogP contribution is 2.23. The van der Waals surface area contributed by atoms with E-state index in [0.29, 0.717) is 5.02 Å². The van der Waals surface area contributed by atoms with Crippen LogP contribution in [0.15, 0.2) is 24.3 Å². The Morgan fingerprint density at radius 3 is 3.17 bits per heavy atom. The molecule has 0 aromatic heterocycles. The maximum absolute atomic E-state index is 11.5. The summed E-state index contributed by atoms with van der Waals surface area (Å²) in [6.45, 7) is 0.790. The number of nitrogens with one attached hydrogen (secondary N) is 3. The number of benzene rings is 1. The van der Waals surface area contributed by atoms with E-state index in [9.17, 15) is 4.79 Å². The third-order valence-corrected chi connectivity index (χ3v) is 3.09. The molecule has 1 heterocycles. The van der Waals surface area contributed by atoms with Gasteiger partial charge in [0.15, 0.2) is 0 Å². The second kappa shape index (κ2) is 6.15. The Labute approximate surface area is 111 Å². The molecule has 1 aromatic carbocycles. The van der Waals surface area contributed by atoms with Gasteiger partial charge in [0, 0.05) is 24.6 Å². The van der Waals surface area contributed by atoms with Gasteiger partial charge in [-0.05, 0) is 17.7 Å². The van der Waals surface area contributed by atoms with Crippen molar-refractivity contribution < 1.29 is 9.53 Å². The van der Waals surface area contributed by atoms with Crippen molar-refractivity contribution in [1.82, 2.24) is 16.2 Å². The molecule has 5 nitrogen and oxygen atoms in total. The lowest BCUT2D eigenvalue weighted by Crippen LogP contribution is -2.47. The summed E-state index contributed by atoms with van der Waals surface area (Å²) in [4.78, 5) is 11.5. The van der Waals surface area contributed by atoms with Gasteiger partial charge in [-0.15, -0.1) is 0 Å². The summed E-state index contributed by atoms with van der Waals surface area (Å²) in [5.41, 5.74) is 7.16. The molecule has 1 aromatic rings. The van der Waals surface area contributed by atoms with Gasteiger partial charge in [-0.2, -0.15) is 0 Å². The van der Waals surface area contributed by atoms with Gasteiger partial charge in [0.25, 0.3) is 0 Å². The fourth-order valence-corrected chi connectivity index (χ4v) is 2.23. The first-order valence-electron chi connectivity index (χ1n) is 5.73. The maximum atomic E-state index is 11.5. The first kappa shape index (κ1) is 13.3. The number of carbonyl (C=O) groups excluding carboxylic acids is 1. The van der Waals surface area contributed by atoms with Gasteiger partial charge >= 0.3 is 0 Å². The molecule has 0 spiro atoms. The van der Waals surface area contributed by atoms with Gasteiger partial charge in [-0.1, -0.05) is 23.7 Å². The molecular weight excluding hydrogens is 254 g/mol. The number of carbonyl (C=O) groups is 1. The minimum Gasteiger partial charge on any atom is -0.375 e. The van der Waals surface area contributed by atoms with Crippen molar-refractivity contribution in [3.05, 3.63) is 34.9 Å². The number of halogens is 1. The van der Waals surface area contributed by atoms with Gasteiger partial charge in [-0.3, -0.25) is 10.2 Å². The Balaban J connectivity index is 2.05. The summed E-state index contributed by atoms with van der Waals surface area (Å²) < 4.78 is 4.79. The molecule has 3 N–H and O–H groups in total. The van der Waals surface area contributed by atoms with Crippen molar-refractivity contribution >= 4 is 17.5 Å². The lowest BCUT2D eigenvalue weighted by molar-refractivity contribution is -0.125. The number of methoxy groups -OCH3 is 1. The Kier molecular flexibility index (Phi) is 4.54. The van der Waals surface area contributed by atoms with E-state index in [-0.39, 0.29) is 24.6 Å². The molecule has 98 valence electrons. The lowest BCUT2D eigenvalue weighted by atomic mass is 9.97. The van der Waals surface area contributed by atoms with Crippen molar-refractivity contribution in [1.29, 1.82) is 0 Å². The van der Waals surface area contributed by atoms with Crippen molar-refractivity contribution in [3.63, 3.8) is 0 Å². The third-order valence-electron chi connectivity index (χ3n) is 2.85. The summed E-state index contributed by atoms with van der Waals surface area (Å²) >= 11 is 5.98. The number of hydrogen-bond donors (Lipinski definition) is 3. The van der Waals surface area contributed by atoms with Crippen molar-refractivity contribution in [3.8, 4) is 0 Å². The van der Waals surface area contributed by atoms with Crippen LogP contribution in [0.5, 0.6) is 0 Å². The average Bonchev–Trinajstić information content (AvgIpc) is 2.77. The van der Waals surface area contributed by atoms with Gasteiger partial charge in [-0.25, -0.2) is 5.43 Å². The van der Waals surface area contributed by atoms with Crippen LogP contribution in [0.4, 0.5) is 0 Å². The Morgan fingerprint density at radius 2 is 2.44 bits per heavy atom. The molecule has 1 amide bonds. The van der Waals surface area contributed by atoms with E-state index in [0.717, 1.165) is 12.1 Å². The van der Waals surface area contributed by atoms with E-state index in [2.05, 4.69) is 16.2 Å². The SMILES string of the molecule is COCC(=O)NC1NNCC1c1cccc(Cl)c1. The first-order valence-corrected chi connectivity index (χ1v) is 6.10. The molecule has 2 rings (SSSR count). The zero-order valence-electron chi connectivity index (χ0n) is 10.1. The second-order valence-corrected chi connectivity index (χ2v) is 4.60. The molecule has 1 saturated heterocycles. The third kappa shape index (κ3) is 3.20. The fraction of sp³-hybridized carbons (Fsp3) is 0.417. The zero-order chi connectivity index (χ0) is 13.0. The van der Waals surface area contributed by atoms with Crippen LogP contribution in [0.2, 0.25) is 5.02 Å². The summed E-state index contributed by atoms with van der Waals surface area (Å²) in [7, 11) is 1.49. The smallest absolute Gasteiger partial charge is 0.247 e. The number of hydrogen-bond acceptors (Lipinski definition) is 4. The predicted octanol–water partition coefficient (Wildman–Crippen LogP) is 0.620. The van der Waals surface area contributed by atoms with Crippen LogP contribution < -0.4 is 16.2 Å². The topological polar surface area (TPSA) is 62.4 Å². The van der Waals surface area contributed by atoms with E-state index >= 15 is 0 Å². The van der Waals surface area contributed by atoms with E-state index in [4.69, 9.17) is 16.3 Å². The van der Waals surface area contributed by atoms with Crippen LogP contribution in [0.1, 0.15) is 11.5 Å². The number of ether oxygens (including phenoxy) is 1. The first-order chi connectivity index (χ1) is 8.70. The Bertz CT molecular complexity index is 428. The van der Waals surface area contributed by atoms with E-state index < -0.39 is 0 Å². The van der Waals surface area contributed by atoms with E-state index in [1.165, 1.54) is 7.11 Å². The number of amides is 1. The van der Waals surface area contributed by atoms with E-state index in [1.807, 2.05) is 24.3 Å². The van der Waals surface area contributed by atoms with Gasteiger partial charge in [0.2, 0.25) is 5.91 Å². The van der Waals surface area contributed by atoms with Crippen molar-refractivity contribution in [2.24, 2.45) is 0 Å². The molecule has 0 saturated carbocycles. The summed E-state index contributed by atoms with van der Waals surface area (Å²) in [6, 6.07) is 7.65. The van der Waals surface area contributed by atoms with Crippen LogP contribution >= 0.6 is 11.6 Å². The quantitative estimate of drug-likeness (QED) is 0.750. The number of rotatable bonds is 4. The van der Waals surface area contributed by atoms with Gasteiger partial charge in [0.1, 0.15) is 12.8 Å². The molecular formula is C12H16ClN3O2. The monoisotopic (exact) mass is 269 g/mol. The highest BCUT2D eigenvalue weighted by molar-refractivity contribution is 6.30. The molecule has 1 aliphatic rings. The number of hydrazine groups is 1. The molecule has 2 atom stereocenters.